The molecular formula is C23H26N4O2S. The van der Waals surface area contributed by atoms with Gasteiger partial charge in [-0.1, -0.05) is 54.2 Å². The van der Waals surface area contributed by atoms with E-state index in [1.165, 1.54) is 24.6 Å². The van der Waals surface area contributed by atoms with Gasteiger partial charge in [-0.25, -0.2) is 0 Å². The van der Waals surface area contributed by atoms with Crippen molar-refractivity contribution in [1.29, 1.82) is 0 Å². The van der Waals surface area contributed by atoms with Crippen molar-refractivity contribution in [2.75, 3.05) is 23.7 Å². The summed E-state index contributed by atoms with van der Waals surface area (Å²) in [6.45, 7) is 5.39. The van der Waals surface area contributed by atoms with Crippen LogP contribution in [0.15, 0.2) is 64.2 Å². The Morgan fingerprint density at radius 1 is 1.10 bits per heavy atom. The van der Waals surface area contributed by atoms with Crippen LogP contribution in [-0.4, -0.2) is 39.8 Å². The third-order valence-electron chi connectivity index (χ3n) is 5.12. The van der Waals surface area contributed by atoms with Crippen molar-refractivity contribution in [3.63, 3.8) is 0 Å². The van der Waals surface area contributed by atoms with Crippen LogP contribution in [0.3, 0.4) is 0 Å². The molecule has 0 radical (unpaired) electrons. The van der Waals surface area contributed by atoms with Crippen molar-refractivity contribution in [3.05, 3.63) is 71.6 Å². The summed E-state index contributed by atoms with van der Waals surface area (Å²) in [5.74, 6) is 0.868. The number of likely N-dealkylation sites (tertiary alicyclic amines) is 1. The van der Waals surface area contributed by atoms with Crippen LogP contribution in [0.2, 0.25) is 0 Å². The Kier molecular flexibility index (Phi) is 6.81. The van der Waals surface area contributed by atoms with E-state index in [1.54, 1.807) is 0 Å². The number of benzene rings is 2. The van der Waals surface area contributed by atoms with Gasteiger partial charge < -0.3 is 9.32 Å². The molecule has 0 atom stereocenters. The van der Waals surface area contributed by atoms with Crippen LogP contribution < -0.4 is 4.90 Å². The molecule has 1 amide bonds. The van der Waals surface area contributed by atoms with E-state index in [0.717, 1.165) is 29.9 Å². The Hall–Kier alpha value is -2.64. The maximum Gasteiger partial charge on any atom is 0.277 e. The second-order valence-electron chi connectivity index (χ2n) is 7.54. The molecule has 30 heavy (non-hydrogen) atoms. The quantitative estimate of drug-likeness (QED) is 0.505. The lowest BCUT2D eigenvalue weighted by Crippen LogP contribution is -2.32. The van der Waals surface area contributed by atoms with Crippen LogP contribution in [0.4, 0.5) is 5.69 Å². The van der Waals surface area contributed by atoms with E-state index in [9.17, 15) is 4.79 Å². The molecule has 0 unspecified atom stereocenters. The van der Waals surface area contributed by atoms with Crippen molar-refractivity contribution in [2.45, 2.75) is 38.1 Å². The molecule has 0 spiro atoms. The van der Waals surface area contributed by atoms with Gasteiger partial charge >= 0.3 is 0 Å². The Morgan fingerprint density at radius 2 is 1.90 bits per heavy atom. The third kappa shape index (κ3) is 5.49. The number of aromatic nitrogens is 2. The number of carbonyl (C=O) groups excluding carboxylic acids is 1. The summed E-state index contributed by atoms with van der Waals surface area (Å²) in [5.41, 5.74) is 3.10. The average molecular weight is 423 g/mol. The summed E-state index contributed by atoms with van der Waals surface area (Å²) in [6, 6.07) is 18.0. The molecule has 1 aliphatic rings. The number of anilines is 1. The standard InChI is InChI=1S/C23H26N4O2S/c1-18-8-7-11-20(14-18)27(15-19-9-3-2-4-10-19)22(28)17-30-23-25-24-21(29-23)16-26-12-5-6-13-26/h2-4,7-11,14H,5-6,12-13,15-17H2,1H3. The van der Waals surface area contributed by atoms with Gasteiger partial charge in [0.05, 0.1) is 18.8 Å². The molecule has 7 heteroatoms. The number of rotatable bonds is 8. The van der Waals surface area contributed by atoms with E-state index in [2.05, 4.69) is 15.1 Å². The predicted molar refractivity (Wildman–Crippen MR) is 118 cm³/mol. The van der Waals surface area contributed by atoms with Crippen molar-refractivity contribution < 1.29 is 9.21 Å². The lowest BCUT2D eigenvalue weighted by atomic mass is 10.1. The summed E-state index contributed by atoms with van der Waals surface area (Å²) in [5, 5.41) is 8.69. The summed E-state index contributed by atoms with van der Waals surface area (Å²) < 4.78 is 5.75. The van der Waals surface area contributed by atoms with E-state index in [1.807, 2.05) is 66.4 Å². The molecule has 6 nitrogen and oxygen atoms in total. The number of amides is 1. The highest BCUT2D eigenvalue weighted by Gasteiger charge is 2.19. The first kappa shape index (κ1) is 20.6. The predicted octanol–water partition coefficient (Wildman–Crippen LogP) is 4.30. The van der Waals surface area contributed by atoms with Crippen LogP contribution >= 0.6 is 11.8 Å². The molecule has 4 rings (SSSR count). The zero-order valence-electron chi connectivity index (χ0n) is 17.2. The van der Waals surface area contributed by atoms with E-state index in [0.29, 0.717) is 24.2 Å². The van der Waals surface area contributed by atoms with Crippen LogP contribution in [0.25, 0.3) is 0 Å². The minimum atomic E-state index is 0.00810. The monoisotopic (exact) mass is 422 g/mol. The number of nitrogens with zero attached hydrogens (tertiary/aromatic N) is 4. The largest absolute Gasteiger partial charge is 0.415 e. The first-order valence-corrected chi connectivity index (χ1v) is 11.2. The van der Waals surface area contributed by atoms with Crippen molar-refractivity contribution in [2.24, 2.45) is 0 Å². The number of thioether (sulfide) groups is 1. The van der Waals surface area contributed by atoms with E-state index >= 15 is 0 Å². The highest BCUT2D eigenvalue weighted by molar-refractivity contribution is 7.99. The Labute approximate surface area is 181 Å². The van der Waals surface area contributed by atoms with E-state index in [4.69, 9.17) is 4.42 Å². The molecule has 0 N–H and O–H groups in total. The molecule has 0 bridgehead atoms. The van der Waals surface area contributed by atoms with E-state index in [-0.39, 0.29) is 11.7 Å². The number of hydrogen-bond acceptors (Lipinski definition) is 6. The lowest BCUT2D eigenvalue weighted by molar-refractivity contribution is -0.116. The van der Waals surface area contributed by atoms with Gasteiger partial charge in [0.2, 0.25) is 11.8 Å². The molecule has 1 aromatic heterocycles. The number of aryl methyl sites for hydroxylation is 1. The first-order chi connectivity index (χ1) is 14.7. The summed E-state index contributed by atoms with van der Waals surface area (Å²) >= 11 is 1.30. The van der Waals surface area contributed by atoms with Crippen LogP contribution in [0.5, 0.6) is 0 Å². The zero-order chi connectivity index (χ0) is 20.8. The fourth-order valence-corrected chi connectivity index (χ4v) is 4.24. The summed E-state index contributed by atoms with van der Waals surface area (Å²) in [7, 11) is 0. The number of hydrogen-bond donors (Lipinski definition) is 0. The molecule has 0 aliphatic carbocycles. The van der Waals surface area contributed by atoms with Gasteiger partial charge in [-0.2, -0.15) is 0 Å². The zero-order valence-corrected chi connectivity index (χ0v) is 18.0. The Bertz CT molecular complexity index is 970. The number of carbonyl (C=O) groups is 1. The molecule has 0 saturated carbocycles. The SMILES string of the molecule is Cc1cccc(N(Cc2ccccc2)C(=O)CSc2nnc(CN3CCCC3)o2)c1. The molecule has 1 fully saturated rings. The molecule has 3 aromatic rings. The third-order valence-corrected chi connectivity index (χ3v) is 5.93. The fraction of sp³-hybridized carbons (Fsp3) is 0.348. The molecular weight excluding hydrogens is 396 g/mol. The maximum absolute atomic E-state index is 13.1. The Balaban J connectivity index is 1.42. The van der Waals surface area contributed by atoms with Crippen molar-refractivity contribution >= 4 is 23.4 Å². The highest BCUT2D eigenvalue weighted by Crippen LogP contribution is 2.23. The molecule has 2 heterocycles. The van der Waals surface area contributed by atoms with Gasteiger partial charge in [-0.05, 0) is 56.1 Å². The molecule has 156 valence electrons. The minimum absolute atomic E-state index is 0.00810. The Morgan fingerprint density at radius 3 is 2.67 bits per heavy atom. The smallest absolute Gasteiger partial charge is 0.277 e. The topological polar surface area (TPSA) is 62.5 Å². The second-order valence-corrected chi connectivity index (χ2v) is 8.46. The second kappa shape index (κ2) is 9.91. The minimum Gasteiger partial charge on any atom is -0.415 e. The van der Waals surface area contributed by atoms with Gasteiger partial charge in [0.1, 0.15) is 0 Å². The van der Waals surface area contributed by atoms with Gasteiger partial charge in [0.15, 0.2) is 0 Å². The highest BCUT2D eigenvalue weighted by atomic mass is 32.2. The van der Waals surface area contributed by atoms with E-state index < -0.39 is 0 Å². The van der Waals surface area contributed by atoms with Gasteiger partial charge in [-0.3, -0.25) is 9.69 Å². The summed E-state index contributed by atoms with van der Waals surface area (Å²) in [6.07, 6.45) is 2.45. The van der Waals surface area contributed by atoms with Crippen molar-refractivity contribution in [1.82, 2.24) is 15.1 Å². The first-order valence-electron chi connectivity index (χ1n) is 10.3. The van der Waals surface area contributed by atoms with Crippen LogP contribution in [0.1, 0.15) is 29.9 Å². The summed E-state index contributed by atoms with van der Waals surface area (Å²) in [4.78, 5) is 17.3. The van der Waals surface area contributed by atoms with Crippen LogP contribution in [-0.2, 0) is 17.9 Å². The molecule has 1 aliphatic heterocycles. The van der Waals surface area contributed by atoms with Crippen molar-refractivity contribution in [3.8, 4) is 0 Å². The molecule has 2 aromatic carbocycles. The molecule has 1 saturated heterocycles. The van der Waals surface area contributed by atoms with Gasteiger partial charge in [-0.15, -0.1) is 10.2 Å². The van der Waals surface area contributed by atoms with Gasteiger partial charge in [0.25, 0.3) is 5.22 Å². The normalized spacial score (nSPS) is 14.2. The lowest BCUT2D eigenvalue weighted by Gasteiger charge is -2.23. The average Bonchev–Trinajstić information content (AvgIpc) is 3.43. The van der Waals surface area contributed by atoms with Gasteiger partial charge in [0, 0.05) is 5.69 Å². The maximum atomic E-state index is 13.1. The van der Waals surface area contributed by atoms with Crippen LogP contribution in [0, 0.1) is 6.92 Å². The fourth-order valence-electron chi connectivity index (χ4n) is 3.58.